The maximum Gasteiger partial charge on any atom is 0.246 e. The number of hydrogen-bond donors (Lipinski definition) is 4. The van der Waals surface area contributed by atoms with Crippen LogP contribution < -0.4 is 16.4 Å². The highest BCUT2D eigenvalue weighted by atomic mass is 35.5. The van der Waals surface area contributed by atoms with Crippen LogP contribution in [-0.2, 0) is 20.9 Å². The van der Waals surface area contributed by atoms with Gasteiger partial charge in [-0.1, -0.05) is 56.6 Å². The van der Waals surface area contributed by atoms with E-state index in [4.69, 9.17) is 17.3 Å². The van der Waals surface area contributed by atoms with Crippen LogP contribution in [0, 0.1) is 12.3 Å². The molecule has 1 unspecified atom stereocenters. The van der Waals surface area contributed by atoms with Crippen LogP contribution in [0.1, 0.15) is 51.4 Å². The molecule has 4 atom stereocenters. The highest BCUT2D eigenvalue weighted by Gasteiger charge is 2.44. The van der Waals surface area contributed by atoms with E-state index in [0.717, 1.165) is 21.7 Å². The molecular formula is C32H38ClN9O4S. The van der Waals surface area contributed by atoms with Crippen molar-refractivity contribution in [2.45, 2.75) is 71.8 Å². The van der Waals surface area contributed by atoms with Gasteiger partial charge in [0.1, 0.15) is 18.6 Å². The maximum atomic E-state index is 14.0. The molecule has 248 valence electrons. The van der Waals surface area contributed by atoms with Gasteiger partial charge in [0.2, 0.25) is 17.7 Å². The summed E-state index contributed by atoms with van der Waals surface area (Å²) in [5, 5.41) is 28.3. The second-order valence-corrected chi connectivity index (χ2v) is 14.0. The van der Waals surface area contributed by atoms with Crippen molar-refractivity contribution in [3.63, 3.8) is 0 Å². The zero-order valence-electron chi connectivity index (χ0n) is 26.8. The third-order valence-corrected chi connectivity index (χ3v) is 9.27. The zero-order chi connectivity index (χ0) is 34.0. The fourth-order valence-electron chi connectivity index (χ4n) is 5.57. The van der Waals surface area contributed by atoms with E-state index in [1.807, 2.05) is 64.4 Å². The van der Waals surface area contributed by atoms with E-state index in [0.29, 0.717) is 11.1 Å². The third kappa shape index (κ3) is 7.77. The Hall–Kier alpha value is -4.40. The summed E-state index contributed by atoms with van der Waals surface area (Å²) >= 11 is 7.53. The van der Waals surface area contributed by atoms with Crippen molar-refractivity contribution >= 4 is 46.5 Å². The lowest BCUT2D eigenvalue weighted by molar-refractivity contribution is -0.144. The number of amides is 3. The van der Waals surface area contributed by atoms with Gasteiger partial charge < -0.3 is 26.4 Å². The smallest absolute Gasteiger partial charge is 0.246 e. The summed E-state index contributed by atoms with van der Waals surface area (Å²) in [6, 6.07) is 7.23. The molecule has 1 aliphatic rings. The lowest BCUT2D eigenvalue weighted by atomic mass is 9.85. The highest BCUT2D eigenvalue weighted by Crippen LogP contribution is 2.30. The summed E-state index contributed by atoms with van der Waals surface area (Å²) in [5.74, 6) is -1.13. The highest BCUT2D eigenvalue weighted by molar-refractivity contribution is 7.13. The number of aliphatic hydroxyl groups is 1. The standard InChI is InChI=1S/C32H38ClN9O4S/c1-17(19-6-8-20(9-7-19)27-18(2)35-16-47-27)37-30(45)24-10-22(43)14-42(24)31(46)28(32(3,4)5)38-26(44)15-41-13-21(12-36-41)23-11-25(33)39-40-29(23)34/h6-9,11-13,16-17,22,24,28,43H,10,14-15H2,1-5H3,(H2,34,40)(H,37,45)(H,38,44)/t17-,22+,24-,28?/m0/s1. The maximum absolute atomic E-state index is 14.0. The van der Waals surface area contributed by atoms with Crippen LogP contribution in [0.5, 0.6) is 0 Å². The van der Waals surface area contributed by atoms with E-state index < -0.39 is 35.4 Å². The van der Waals surface area contributed by atoms with E-state index in [1.165, 1.54) is 15.8 Å². The monoisotopic (exact) mass is 679 g/mol. The number of nitrogens with two attached hydrogens (primary N) is 1. The van der Waals surface area contributed by atoms with Crippen LogP contribution >= 0.6 is 22.9 Å². The summed E-state index contributed by atoms with van der Waals surface area (Å²) in [6.45, 7) is 9.10. The van der Waals surface area contributed by atoms with Gasteiger partial charge in [0, 0.05) is 30.3 Å². The minimum atomic E-state index is -0.982. The molecule has 5 N–H and O–H groups in total. The number of nitrogens with one attached hydrogen (secondary N) is 2. The molecular weight excluding hydrogens is 642 g/mol. The third-order valence-electron chi connectivity index (χ3n) is 8.10. The van der Waals surface area contributed by atoms with Gasteiger partial charge in [0.15, 0.2) is 11.0 Å². The lowest BCUT2D eigenvalue weighted by Crippen LogP contribution is -2.58. The van der Waals surface area contributed by atoms with Crippen molar-refractivity contribution in [3.05, 3.63) is 64.6 Å². The number of nitrogen functional groups attached to an aromatic ring is 1. The summed E-state index contributed by atoms with van der Waals surface area (Å²) in [6.07, 6.45) is 2.35. The summed E-state index contributed by atoms with van der Waals surface area (Å²) in [7, 11) is 0. The normalized spacial score (nSPS) is 17.7. The Kier molecular flexibility index (Phi) is 9.94. The molecule has 1 saturated heterocycles. The number of benzene rings is 1. The number of anilines is 1. The average Bonchev–Trinajstić information content (AvgIpc) is 3.76. The van der Waals surface area contributed by atoms with Crippen molar-refractivity contribution in [1.29, 1.82) is 0 Å². The van der Waals surface area contributed by atoms with Gasteiger partial charge in [-0.2, -0.15) is 5.10 Å². The topological polar surface area (TPSA) is 181 Å². The molecule has 0 bridgehead atoms. The van der Waals surface area contributed by atoms with Gasteiger partial charge in [-0.25, -0.2) is 4.98 Å². The Morgan fingerprint density at radius 2 is 1.87 bits per heavy atom. The fraction of sp³-hybridized carbons (Fsp3) is 0.406. The number of aliphatic hydroxyl groups excluding tert-OH is 1. The molecule has 4 heterocycles. The molecule has 3 aromatic heterocycles. The molecule has 0 saturated carbocycles. The molecule has 5 rings (SSSR count). The first-order valence-electron chi connectivity index (χ1n) is 15.1. The molecule has 3 amide bonds. The van der Waals surface area contributed by atoms with Gasteiger partial charge in [0.25, 0.3) is 0 Å². The van der Waals surface area contributed by atoms with E-state index in [9.17, 15) is 19.5 Å². The number of carbonyl (C=O) groups is 3. The van der Waals surface area contributed by atoms with E-state index in [-0.39, 0.29) is 42.4 Å². The molecule has 1 fully saturated rings. The summed E-state index contributed by atoms with van der Waals surface area (Å²) in [5.41, 5.74) is 11.0. The van der Waals surface area contributed by atoms with Crippen LogP contribution in [-0.4, -0.2) is 77.4 Å². The number of rotatable bonds is 9. The number of nitrogens with zero attached hydrogens (tertiary/aromatic N) is 6. The van der Waals surface area contributed by atoms with Crippen molar-refractivity contribution in [1.82, 2.24) is 40.5 Å². The van der Waals surface area contributed by atoms with Crippen LogP contribution in [0.15, 0.2) is 48.2 Å². The van der Waals surface area contributed by atoms with Gasteiger partial charge in [-0.15, -0.1) is 21.5 Å². The SMILES string of the molecule is Cc1ncsc1-c1ccc([C@H](C)NC(=O)[C@@H]2C[C@@H](O)CN2C(=O)C(NC(=O)Cn2cc(-c3cc(Cl)nnc3N)cn2)C(C)(C)C)cc1. The first-order valence-corrected chi connectivity index (χ1v) is 16.4. The molecule has 1 aromatic carbocycles. The second-order valence-electron chi connectivity index (χ2n) is 12.8. The Bertz CT molecular complexity index is 1770. The molecule has 4 aromatic rings. The minimum absolute atomic E-state index is 0.0247. The van der Waals surface area contributed by atoms with Gasteiger partial charge in [-0.3, -0.25) is 19.1 Å². The Morgan fingerprint density at radius 1 is 1.15 bits per heavy atom. The number of halogens is 1. The fourth-order valence-corrected chi connectivity index (χ4v) is 6.53. The molecule has 0 spiro atoms. The van der Waals surface area contributed by atoms with Gasteiger partial charge in [0.05, 0.1) is 34.4 Å². The predicted octanol–water partition coefficient (Wildman–Crippen LogP) is 3.38. The number of aryl methyl sites for hydroxylation is 1. The molecule has 15 heteroatoms. The largest absolute Gasteiger partial charge is 0.391 e. The minimum Gasteiger partial charge on any atom is -0.391 e. The molecule has 47 heavy (non-hydrogen) atoms. The lowest BCUT2D eigenvalue weighted by Gasteiger charge is -2.35. The Morgan fingerprint density at radius 3 is 2.53 bits per heavy atom. The predicted molar refractivity (Wildman–Crippen MR) is 179 cm³/mol. The van der Waals surface area contributed by atoms with Crippen molar-refractivity contribution in [2.24, 2.45) is 5.41 Å². The Balaban J connectivity index is 1.25. The van der Waals surface area contributed by atoms with Crippen LogP contribution in [0.4, 0.5) is 5.82 Å². The van der Waals surface area contributed by atoms with Crippen LogP contribution in [0.3, 0.4) is 0 Å². The van der Waals surface area contributed by atoms with Crippen LogP contribution in [0.2, 0.25) is 5.15 Å². The summed E-state index contributed by atoms with van der Waals surface area (Å²) in [4.78, 5) is 47.5. The van der Waals surface area contributed by atoms with E-state index in [1.54, 1.807) is 23.6 Å². The number of likely N-dealkylation sites (tertiary alicyclic amines) is 1. The first kappa shape index (κ1) is 33.9. The van der Waals surface area contributed by atoms with Crippen molar-refractivity contribution < 1.29 is 19.5 Å². The van der Waals surface area contributed by atoms with Crippen molar-refractivity contribution in [2.75, 3.05) is 12.3 Å². The zero-order valence-corrected chi connectivity index (χ0v) is 28.3. The van der Waals surface area contributed by atoms with Crippen LogP contribution in [0.25, 0.3) is 21.6 Å². The average molecular weight is 680 g/mol. The van der Waals surface area contributed by atoms with Gasteiger partial charge in [-0.05, 0) is 36.5 Å². The van der Waals surface area contributed by atoms with E-state index in [2.05, 4.69) is 30.9 Å². The number of β-amino-alcohol motifs (C(OH)–C–C–N with tert-alkyl or cyclic N) is 1. The van der Waals surface area contributed by atoms with E-state index >= 15 is 0 Å². The number of hydrogen-bond acceptors (Lipinski definition) is 10. The number of carbonyl (C=O) groups excluding carboxylic acids is 3. The molecule has 13 nitrogen and oxygen atoms in total. The number of thiazole rings is 1. The Labute approximate surface area is 281 Å². The summed E-state index contributed by atoms with van der Waals surface area (Å²) < 4.78 is 1.41. The van der Waals surface area contributed by atoms with Crippen molar-refractivity contribution in [3.8, 4) is 21.6 Å². The number of aromatic nitrogens is 5. The molecule has 0 radical (unpaired) electrons. The quantitative estimate of drug-likeness (QED) is 0.206. The first-order chi connectivity index (χ1) is 22.2. The molecule has 1 aliphatic heterocycles. The van der Waals surface area contributed by atoms with Gasteiger partial charge >= 0.3 is 0 Å². The second kappa shape index (κ2) is 13.8. The molecule has 0 aliphatic carbocycles.